The molecular formula is C15H24N2O3S. The van der Waals surface area contributed by atoms with Crippen LogP contribution in [0, 0.1) is 0 Å². The van der Waals surface area contributed by atoms with Gasteiger partial charge in [0.1, 0.15) is 5.69 Å². The highest BCUT2D eigenvalue weighted by Gasteiger charge is 2.10. The van der Waals surface area contributed by atoms with Gasteiger partial charge in [0.2, 0.25) is 5.05 Å². The molecule has 2 N–H and O–H groups in total. The Morgan fingerprint density at radius 1 is 1.19 bits per heavy atom. The molecule has 1 aromatic heterocycles. The van der Waals surface area contributed by atoms with E-state index in [0.29, 0.717) is 0 Å². The van der Waals surface area contributed by atoms with E-state index in [1.165, 1.54) is 38.2 Å². The van der Waals surface area contributed by atoms with Crippen LogP contribution in [0.25, 0.3) is 0 Å². The first-order valence-corrected chi connectivity index (χ1v) is 7.98. The van der Waals surface area contributed by atoms with Crippen molar-refractivity contribution in [2.75, 3.05) is 0 Å². The average molecular weight is 312 g/mol. The third-order valence-corrected chi connectivity index (χ3v) is 3.57. The normalized spacial score (nSPS) is 12.1. The predicted molar refractivity (Wildman–Crippen MR) is 87.9 cm³/mol. The Hall–Kier alpha value is -1.43. The second kappa shape index (κ2) is 9.50. The molecule has 0 saturated heterocycles. The fourth-order valence-electron chi connectivity index (χ4n) is 2.10. The van der Waals surface area contributed by atoms with E-state index in [1.807, 2.05) is 6.92 Å². The maximum Gasteiger partial charge on any atom is 0.326 e. The molecule has 0 aliphatic heterocycles. The van der Waals surface area contributed by atoms with Crippen molar-refractivity contribution in [2.24, 2.45) is 0 Å². The summed E-state index contributed by atoms with van der Waals surface area (Å²) < 4.78 is 5.58. The van der Waals surface area contributed by atoms with Crippen molar-refractivity contribution < 1.29 is 4.74 Å². The van der Waals surface area contributed by atoms with Crippen molar-refractivity contribution in [3.8, 4) is 0 Å². The maximum atomic E-state index is 11.2. The van der Waals surface area contributed by atoms with Crippen LogP contribution in [0.2, 0.25) is 0 Å². The second-order valence-electron chi connectivity index (χ2n) is 5.27. The molecule has 21 heavy (non-hydrogen) atoms. The monoisotopic (exact) mass is 312 g/mol. The lowest BCUT2D eigenvalue weighted by Crippen LogP contribution is -2.26. The van der Waals surface area contributed by atoms with Crippen LogP contribution in [0.3, 0.4) is 0 Å². The second-order valence-corrected chi connectivity index (χ2v) is 5.64. The topological polar surface area (TPSA) is 75.0 Å². The van der Waals surface area contributed by atoms with E-state index in [4.69, 9.17) is 17.0 Å². The molecule has 0 amide bonds. The van der Waals surface area contributed by atoms with Gasteiger partial charge in [-0.1, -0.05) is 39.0 Å². The largest absolute Gasteiger partial charge is 0.479 e. The van der Waals surface area contributed by atoms with Crippen molar-refractivity contribution in [1.29, 1.82) is 0 Å². The van der Waals surface area contributed by atoms with E-state index < -0.39 is 11.2 Å². The summed E-state index contributed by atoms with van der Waals surface area (Å²) in [5.41, 5.74) is -0.802. The molecule has 0 aliphatic rings. The Morgan fingerprint density at radius 3 is 2.52 bits per heavy atom. The number of ether oxygens (including phenoxy) is 1. The minimum atomic E-state index is -0.577. The van der Waals surface area contributed by atoms with Gasteiger partial charge < -0.3 is 9.72 Å². The number of hydrogen-bond donors (Lipinski definition) is 2. The number of rotatable bonds is 9. The zero-order chi connectivity index (χ0) is 15.7. The zero-order valence-corrected chi connectivity index (χ0v) is 13.6. The first kappa shape index (κ1) is 17.6. The lowest BCUT2D eigenvalue weighted by molar-refractivity contribution is 0.199. The quantitative estimate of drug-likeness (QED) is 0.543. The molecule has 1 atom stereocenters. The summed E-state index contributed by atoms with van der Waals surface area (Å²) in [7, 11) is 0. The third kappa shape index (κ3) is 7.22. The van der Waals surface area contributed by atoms with Crippen LogP contribution in [-0.4, -0.2) is 21.1 Å². The van der Waals surface area contributed by atoms with Crippen molar-refractivity contribution in [1.82, 2.24) is 9.97 Å². The Labute approximate surface area is 130 Å². The number of aromatic nitrogens is 2. The van der Waals surface area contributed by atoms with Gasteiger partial charge in [-0.15, -0.1) is 0 Å². The summed E-state index contributed by atoms with van der Waals surface area (Å²) in [6.07, 6.45) is 8.28. The van der Waals surface area contributed by atoms with Crippen LogP contribution in [-0.2, 0) is 4.74 Å². The van der Waals surface area contributed by atoms with Gasteiger partial charge in [0.15, 0.2) is 0 Å². The standard InChI is InChI=1S/C15H24N2O3S/c1-3-4-5-6-7-8-9-11(2)20-14(21)12-10-13(18)17-15(19)16-12/h10-11H,3-9H2,1-2H3,(H2,16,17,18,19)/t11-/m1/s1. The van der Waals surface area contributed by atoms with Crippen LogP contribution >= 0.6 is 12.2 Å². The van der Waals surface area contributed by atoms with Gasteiger partial charge in [-0.3, -0.25) is 9.78 Å². The third-order valence-electron chi connectivity index (χ3n) is 3.25. The fourth-order valence-corrected chi connectivity index (χ4v) is 2.37. The molecule has 0 aliphatic carbocycles. The number of nitrogens with one attached hydrogen (secondary N) is 2. The Morgan fingerprint density at radius 2 is 1.86 bits per heavy atom. The van der Waals surface area contributed by atoms with Gasteiger partial charge in [0.25, 0.3) is 5.56 Å². The number of thiocarbonyl (C=S) groups is 1. The molecule has 0 aromatic carbocycles. The van der Waals surface area contributed by atoms with Gasteiger partial charge in [0, 0.05) is 6.07 Å². The Balaban J connectivity index is 2.33. The summed E-state index contributed by atoms with van der Waals surface area (Å²) in [4.78, 5) is 26.9. The van der Waals surface area contributed by atoms with Crippen molar-refractivity contribution >= 4 is 17.3 Å². The van der Waals surface area contributed by atoms with Crippen molar-refractivity contribution in [3.05, 3.63) is 32.6 Å². The summed E-state index contributed by atoms with van der Waals surface area (Å²) in [6, 6.07) is 1.24. The molecule has 0 saturated carbocycles. The summed E-state index contributed by atoms with van der Waals surface area (Å²) in [5.74, 6) is 0. The molecule has 1 aromatic rings. The van der Waals surface area contributed by atoms with Gasteiger partial charge in [-0.2, -0.15) is 0 Å². The molecule has 1 heterocycles. The van der Waals surface area contributed by atoms with Crippen LogP contribution in [0.15, 0.2) is 15.7 Å². The van der Waals surface area contributed by atoms with Crippen LogP contribution < -0.4 is 11.2 Å². The lowest BCUT2D eigenvalue weighted by Gasteiger charge is -2.14. The molecule has 5 nitrogen and oxygen atoms in total. The molecular weight excluding hydrogens is 288 g/mol. The average Bonchev–Trinajstić information content (AvgIpc) is 2.41. The zero-order valence-electron chi connectivity index (χ0n) is 12.7. The SMILES string of the molecule is CCCCCCCC[C@@H](C)OC(=S)c1cc(=O)[nH]c(=O)[nH]1. The molecule has 1 rings (SSSR count). The number of hydrogen-bond acceptors (Lipinski definition) is 4. The molecule has 0 fully saturated rings. The number of H-pyrrole nitrogens is 2. The Kier molecular flexibility index (Phi) is 7.97. The van der Waals surface area contributed by atoms with E-state index in [9.17, 15) is 9.59 Å². The summed E-state index contributed by atoms with van der Waals surface area (Å²) in [5, 5.41) is 0.164. The molecule has 0 unspecified atom stereocenters. The number of unbranched alkanes of at least 4 members (excludes halogenated alkanes) is 5. The van der Waals surface area contributed by atoms with Gasteiger partial charge in [-0.25, -0.2) is 4.79 Å². The van der Waals surface area contributed by atoms with E-state index in [0.717, 1.165) is 12.8 Å². The van der Waals surface area contributed by atoms with E-state index >= 15 is 0 Å². The highest BCUT2D eigenvalue weighted by Crippen LogP contribution is 2.11. The number of aromatic amines is 2. The van der Waals surface area contributed by atoms with Crippen molar-refractivity contribution in [2.45, 2.75) is 64.9 Å². The van der Waals surface area contributed by atoms with E-state index in [-0.39, 0.29) is 16.8 Å². The fraction of sp³-hybridized carbons (Fsp3) is 0.667. The molecule has 118 valence electrons. The van der Waals surface area contributed by atoms with E-state index in [1.54, 1.807) is 0 Å². The van der Waals surface area contributed by atoms with Gasteiger partial charge in [-0.05, 0) is 32.0 Å². The molecule has 0 radical (unpaired) electrons. The van der Waals surface area contributed by atoms with E-state index in [2.05, 4.69) is 16.9 Å². The van der Waals surface area contributed by atoms with Crippen LogP contribution in [0.1, 0.15) is 64.5 Å². The highest BCUT2D eigenvalue weighted by atomic mass is 32.1. The Bertz CT molecular complexity index is 522. The molecule has 6 heteroatoms. The van der Waals surface area contributed by atoms with Gasteiger partial charge >= 0.3 is 5.69 Å². The smallest absolute Gasteiger partial charge is 0.326 e. The predicted octanol–water partition coefficient (Wildman–Crippen LogP) is 2.89. The molecule has 0 spiro atoms. The van der Waals surface area contributed by atoms with Crippen molar-refractivity contribution in [3.63, 3.8) is 0 Å². The minimum absolute atomic E-state index is 0.0218. The first-order valence-electron chi connectivity index (χ1n) is 7.57. The van der Waals surface area contributed by atoms with Gasteiger partial charge in [0.05, 0.1) is 6.10 Å². The summed E-state index contributed by atoms with van der Waals surface area (Å²) >= 11 is 5.11. The summed E-state index contributed by atoms with van der Waals surface area (Å²) in [6.45, 7) is 4.15. The maximum absolute atomic E-state index is 11.2. The lowest BCUT2D eigenvalue weighted by atomic mass is 10.1. The highest BCUT2D eigenvalue weighted by molar-refractivity contribution is 7.80. The van der Waals surface area contributed by atoms with Crippen LogP contribution in [0.5, 0.6) is 0 Å². The first-order chi connectivity index (χ1) is 10.0. The minimum Gasteiger partial charge on any atom is -0.479 e. The molecule has 0 bridgehead atoms. The van der Waals surface area contributed by atoms with Crippen LogP contribution in [0.4, 0.5) is 0 Å².